The molecule has 1 atom stereocenters. The second-order valence-corrected chi connectivity index (χ2v) is 3.47. The van der Waals surface area contributed by atoms with E-state index in [2.05, 4.69) is 17.1 Å². The molecule has 1 aromatic heterocycles. The summed E-state index contributed by atoms with van der Waals surface area (Å²) < 4.78 is 5.45. The number of halogens is 1. The van der Waals surface area contributed by atoms with E-state index in [1.807, 2.05) is 6.92 Å². The summed E-state index contributed by atoms with van der Waals surface area (Å²) in [5.41, 5.74) is -0.423. The van der Waals surface area contributed by atoms with Crippen molar-refractivity contribution in [3.63, 3.8) is 0 Å². The summed E-state index contributed by atoms with van der Waals surface area (Å²) in [6, 6.07) is 0. The molecule has 14 heavy (non-hydrogen) atoms. The third-order valence-electron chi connectivity index (χ3n) is 1.79. The first-order chi connectivity index (χ1) is 6.65. The lowest BCUT2D eigenvalue weighted by molar-refractivity contribution is 0.208. The van der Waals surface area contributed by atoms with Gasteiger partial charge in [0.2, 0.25) is 0 Å². The number of H-pyrrole nitrogens is 1. The lowest BCUT2D eigenvalue weighted by Gasteiger charge is -2.13. The minimum atomic E-state index is -0.423. The van der Waals surface area contributed by atoms with Crippen LogP contribution in [-0.4, -0.2) is 16.3 Å². The molecular weight excluding hydrogens is 204 g/mol. The zero-order valence-corrected chi connectivity index (χ0v) is 8.97. The molecule has 0 saturated heterocycles. The second kappa shape index (κ2) is 5.00. The van der Waals surface area contributed by atoms with Gasteiger partial charge in [-0.15, -0.1) is 0 Å². The van der Waals surface area contributed by atoms with E-state index in [-0.39, 0.29) is 11.1 Å². The van der Waals surface area contributed by atoms with E-state index >= 15 is 0 Å². The lowest BCUT2D eigenvalue weighted by Crippen LogP contribution is -2.15. The Hall–Kier alpha value is -1.03. The predicted octanol–water partition coefficient (Wildman–Crippen LogP) is 1.99. The summed E-state index contributed by atoms with van der Waals surface area (Å²) in [5, 5.41) is 5.90. The van der Waals surface area contributed by atoms with Crippen LogP contribution in [0, 0.1) is 0 Å². The number of hydrogen-bond donors (Lipinski definition) is 1. The number of hydrogen-bond acceptors (Lipinski definition) is 3. The first kappa shape index (κ1) is 11.0. The number of aromatic nitrogens is 2. The van der Waals surface area contributed by atoms with E-state index in [0.29, 0.717) is 5.75 Å². The summed E-state index contributed by atoms with van der Waals surface area (Å²) >= 11 is 5.73. The molecule has 1 aromatic rings. The smallest absolute Gasteiger partial charge is 0.286 e. The van der Waals surface area contributed by atoms with Crippen molar-refractivity contribution in [3.05, 3.63) is 21.6 Å². The van der Waals surface area contributed by atoms with Gasteiger partial charge in [-0.05, 0) is 13.3 Å². The van der Waals surface area contributed by atoms with Crippen LogP contribution in [0.2, 0.25) is 5.02 Å². The molecule has 0 fully saturated rings. The Labute approximate surface area is 87.2 Å². The van der Waals surface area contributed by atoms with Crippen molar-refractivity contribution in [2.45, 2.75) is 32.8 Å². The topological polar surface area (TPSA) is 55.0 Å². The van der Waals surface area contributed by atoms with Gasteiger partial charge in [-0.1, -0.05) is 24.9 Å². The van der Waals surface area contributed by atoms with Crippen LogP contribution in [-0.2, 0) is 0 Å². The van der Waals surface area contributed by atoms with Gasteiger partial charge >= 0.3 is 0 Å². The molecule has 0 aromatic carbocycles. The van der Waals surface area contributed by atoms with E-state index in [4.69, 9.17) is 16.3 Å². The summed E-state index contributed by atoms with van der Waals surface area (Å²) in [6.07, 6.45) is 3.40. The SMILES string of the molecule is CCC[C@H](C)Oc1cn[nH]c(=O)c1Cl. The standard InChI is InChI=1S/C9H13ClN2O2/c1-3-4-6(2)14-7-5-11-12-9(13)8(7)10/h5-6H,3-4H2,1-2H3,(H,12,13)/t6-/m0/s1. The van der Waals surface area contributed by atoms with Crippen LogP contribution in [0.4, 0.5) is 0 Å². The van der Waals surface area contributed by atoms with Crippen LogP contribution >= 0.6 is 11.6 Å². The van der Waals surface area contributed by atoms with Crippen LogP contribution < -0.4 is 10.3 Å². The van der Waals surface area contributed by atoms with Crippen molar-refractivity contribution in [3.8, 4) is 5.75 Å². The van der Waals surface area contributed by atoms with Gasteiger partial charge in [0, 0.05) is 0 Å². The largest absolute Gasteiger partial charge is 0.487 e. The number of rotatable bonds is 4. The fourth-order valence-corrected chi connectivity index (χ4v) is 1.27. The predicted molar refractivity (Wildman–Crippen MR) is 54.9 cm³/mol. The second-order valence-electron chi connectivity index (χ2n) is 3.09. The Bertz CT molecular complexity index is 351. The molecular formula is C9H13ClN2O2. The van der Waals surface area contributed by atoms with Crippen LogP contribution in [0.1, 0.15) is 26.7 Å². The molecule has 1 N–H and O–H groups in total. The number of aromatic amines is 1. The molecule has 0 aliphatic rings. The Morgan fingerprint density at radius 3 is 3.07 bits per heavy atom. The van der Waals surface area contributed by atoms with Crippen molar-refractivity contribution in [1.82, 2.24) is 10.2 Å². The molecule has 1 heterocycles. The van der Waals surface area contributed by atoms with E-state index in [9.17, 15) is 4.79 Å². The Morgan fingerprint density at radius 2 is 2.43 bits per heavy atom. The maximum Gasteiger partial charge on any atom is 0.286 e. The quantitative estimate of drug-likeness (QED) is 0.838. The zero-order valence-electron chi connectivity index (χ0n) is 8.21. The van der Waals surface area contributed by atoms with E-state index < -0.39 is 5.56 Å². The molecule has 0 amide bonds. The number of nitrogens with one attached hydrogen (secondary N) is 1. The maximum absolute atomic E-state index is 11.0. The van der Waals surface area contributed by atoms with Crippen LogP contribution in [0.3, 0.4) is 0 Å². The maximum atomic E-state index is 11.0. The third-order valence-corrected chi connectivity index (χ3v) is 2.14. The highest BCUT2D eigenvalue weighted by Gasteiger charge is 2.09. The van der Waals surface area contributed by atoms with Gasteiger partial charge in [0.05, 0.1) is 12.3 Å². The van der Waals surface area contributed by atoms with E-state index in [0.717, 1.165) is 12.8 Å². The minimum Gasteiger partial charge on any atom is -0.487 e. The molecule has 5 heteroatoms. The molecule has 0 aliphatic heterocycles. The summed E-state index contributed by atoms with van der Waals surface area (Å²) in [5.74, 6) is 0.344. The monoisotopic (exact) mass is 216 g/mol. The molecule has 0 unspecified atom stereocenters. The number of ether oxygens (including phenoxy) is 1. The first-order valence-corrected chi connectivity index (χ1v) is 4.92. The van der Waals surface area contributed by atoms with Gasteiger partial charge in [-0.3, -0.25) is 4.79 Å². The molecule has 0 spiro atoms. The average Bonchev–Trinajstić information content (AvgIpc) is 2.13. The summed E-state index contributed by atoms with van der Waals surface area (Å²) in [6.45, 7) is 4.00. The van der Waals surface area contributed by atoms with Crippen molar-refractivity contribution in [1.29, 1.82) is 0 Å². The van der Waals surface area contributed by atoms with Crippen molar-refractivity contribution in [2.75, 3.05) is 0 Å². The zero-order chi connectivity index (χ0) is 10.6. The van der Waals surface area contributed by atoms with Gasteiger partial charge < -0.3 is 4.74 Å². The molecule has 78 valence electrons. The Morgan fingerprint density at radius 1 is 1.71 bits per heavy atom. The van der Waals surface area contributed by atoms with Crippen LogP contribution in [0.15, 0.2) is 11.0 Å². The third kappa shape index (κ3) is 2.73. The lowest BCUT2D eigenvalue weighted by atomic mass is 10.2. The number of nitrogens with zero attached hydrogens (tertiary/aromatic N) is 1. The first-order valence-electron chi connectivity index (χ1n) is 4.55. The normalized spacial score (nSPS) is 12.5. The highest BCUT2D eigenvalue weighted by molar-refractivity contribution is 6.31. The molecule has 0 aliphatic carbocycles. The minimum absolute atomic E-state index is 0.0427. The summed E-state index contributed by atoms with van der Waals surface area (Å²) in [4.78, 5) is 11.0. The summed E-state index contributed by atoms with van der Waals surface area (Å²) in [7, 11) is 0. The molecule has 4 nitrogen and oxygen atoms in total. The van der Waals surface area contributed by atoms with E-state index in [1.54, 1.807) is 0 Å². The molecule has 0 bridgehead atoms. The van der Waals surface area contributed by atoms with Gasteiger partial charge in [-0.25, -0.2) is 5.10 Å². The van der Waals surface area contributed by atoms with Gasteiger partial charge in [0.25, 0.3) is 5.56 Å². The average molecular weight is 217 g/mol. The highest BCUT2D eigenvalue weighted by atomic mass is 35.5. The van der Waals surface area contributed by atoms with Crippen molar-refractivity contribution in [2.24, 2.45) is 0 Å². The molecule has 0 saturated carbocycles. The Balaban J connectivity index is 2.76. The van der Waals surface area contributed by atoms with Crippen LogP contribution in [0.5, 0.6) is 5.75 Å². The highest BCUT2D eigenvalue weighted by Crippen LogP contribution is 2.19. The molecule has 0 radical (unpaired) electrons. The van der Waals surface area contributed by atoms with Gasteiger partial charge in [0.1, 0.15) is 0 Å². The fourth-order valence-electron chi connectivity index (χ4n) is 1.13. The Kier molecular flexibility index (Phi) is 3.95. The van der Waals surface area contributed by atoms with Crippen LogP contribution in [0.25, 0.3) is 0 Å². The van der Waals surface area contributed by atoms with Crippen molar-refractivity contribution < 1.29 is 4.74 Å². The fraction of sp³-hybridized carbons (Fsp3) is 0.556. The van der Waals surface area contributed by atoms with Crippen molar-refractivity contribution >= 4 is 11.6 Å². The van der Waals surface area contributed by atoms with E-state index in [1.165, 1.54) is 6.20 Å². The molecule has 1 rings (SSSR count). The van der Waals surface area contributed by atoms with Gasteiger partial charge in [-0.2, -0.15) is 5.10 Å². The van der Waals surface area contributed by atoms with Gasteiger partial charge in [0.15, 0.2) is 10.8 Å².